The van der Waals surface area contributed by atoms with Crippen molar-refractivity contribution in [3.8, 4) is 0 Å². The van der Waals surface area contributed by atoms with Gasteiger partial charge in [0, 0.05) is 18.0 Å². The largest absolute Gasteiger partial charge is 0.319 e. The lowest BCUT2D eigenvalue weighted by atomic mass is 9.80. The fourth-order valence-corrected chi connectivity index (χ4v) is 2.88. The first-order chi connectivity index (χ1) is 12.0. The molecule has 0 spiro atoms. The maximum Gasteiger partial charge on any atom is 0.291 e. The van der Waals surface area contributed by atoms with E-state index in [-0.39, 0.29) is 6.42 Å². The van der Waals surface area contributed by atoms with Crippen LogP contribution in [0.15, 0.2) is 66.9 Å². The standard InChI is InChI=1S/C21H20N2O2/c1-21(2,15-8-4-3-5-9-15)14-19(24)20(25)23-18-12-6-11-17-16(18)10-7-13-22-17/h3-13H,14H2,1-2H3,(H,23,25). The van der Waals surface area contributed by atoms with Gasteiger partial charge in [0.05, 0.1) is 11.2 Å². The van der Waals surface area contributed by atoms with Crippen molar-refractivity contribution in [2.24, 2.45) is 0 Å². The van der Waals surface area contributed by atoms with E-state index in [0.29, 0.717) is 5.69 Å². The summed E-state index contributed by atoms with van der Waals surface area (Å²) in [5, 5.41) is 3.54. The molecule has 25 heavy (non-hydrogen) atoms. The average molecular weight is 332 g/mol. The van der Waals surface area contributed by atoms with Crippen LogP contribution in [-0.4, -0.2) is 16.7 Å². The van der Waals surface area contributed by atoms with Crippen LogP contribution in [0.4, 0.5) is 5.69 Å². The number of benzene rings is 2. The predicted molar refractivity (Wildman–Crippen MR) is 99.5 cm³/mol. The van der Waals surface area contributed by atoms with E-state index in [9.17, 15) is 9.59 Å². The summed E-state index contributed by atoms with van der Waals surface area (Å²) in [5.41, 5.74) is 2.00. The third kappa shape index (κ3) is 3.74. The third-order valence-corrected chi connectivity index (χ3v) is 4.30. The molecule has 4 heteroatoms. The summed E-state index contributed by atoms with van der Waals surface area (Å²) in [6.45, 7) is 3.94. The van der Waals surface area contributed by atoms with Crippen LogP contribution in [-0.2, 0) is 15.0 Å². The number of hydrogen-bond donors (Lipinski definition) is 1. The van der Waals surface area contributed by atoms with Crippen LogP contribution in [0.25, 0.3) is 10.9 Å². The fourth-order valence-electron chi connectivity index (χ4n) is 2.88. The summed E-state index contributed by atoms with van der Waals surface area (Å²) in [5.74, 6) is -1.03. The summed E-state index contributed by atoms with van der Waals surface area (Å²) < 4.78 is 0. The molecule has 0 atom stereocenters. The smallest absolute Gasteiger partial charge is 0.291 e. The summed E-state index contributed by atoms with van der Waals surface area (Å²) in [6.07, 6.45) is 1.84. The molecular formula is C21H20N2O2. The summed E-state index contributed by atoms with van der Waals surface area (Å²) in [4.78, 5) is 29.1. The maximum atomic E-state index is 12.4. The van der Waals surface area contributed by atoms with Gasteiger partial charge in [-0.25, -0.2) is 0 Å². The van der Waals surface area contributed by atoms with Gasteiger partial charge in [0.25, 0.3) is 5.91 Å². The Morgan fingerprint density at radius 3 is 2.48 bits per heavy atom. The second kappa shape index (κ2) is 6.85. The molecule has 1 aromatic heterocycles. The minimum atomic E-state index is -0.597. The lowest BCUT2D eigenvalue weighted by Crippen LogP contribution is -2.30. The molecule has 0 saturated heterocycles. The van der Waals surface area contributed by atoms with Crippen LogP contribution in [0.5, 0.6) is 0 Å². The van der Waals surface area contributed by atoms with Gasteiger partial charge in [0.2, 0.25) is 5.78 Å². The molecule has 0 bridgehead atoms. The van der Waals surface area contributed by atoms with E-state index in [2.05, 4.69) is 10.3 Å². The van der Waals surface area contributed by atoms with Crippen LogP contribution in [0.3, 0.4) is 0 Å². The molecule has 0 aliphatic carbocycles. The molecule has 0 fully saturated rings. The number of fused-ring (bicyclic) bond motifs is 1. The fraction of sp³-hybridized carbons (Fsp3) is 0.190. The molecule has 1 amide bonds. The molecule has 1 N–H and O–H groups in total. The van der Waals surface area contributed by atoms with E-state index in [1.54, 1.807) is 18.3 Å². The van der Waals surface area contributed by atoms with Gasteiger partial charge >= 0.3 is 0 Å². The Morgan fingerprint density at radius 2 is 1.72 bits per heavy atom. The van der Waals surface area contributed by atoms with Crippen LogP contribution >= 0.6 is 0 Å². The lowest BCUT2D eigenvalue weighted by Gasteiger charge is -2.24. The molecule has 0 radical (unpaired) electrons. The van der Waals surface area contributed by atoms with Gasteiger partial charge in [-0.1, -0.05) is 50.2 Å². The first-order valence-corrected chi connectivity index (χ1v) is 8.21. The number of Topliss-reactive ketones (excluding diaryl/α,β-unsaturated/α-hetero) is 1. The first kappa shape index (κ1) is 16.8. The van der Waals surface area contributed by atoms with Crippen molar-refractivity contribution < 1.29 is 9.59 Å². The van der Waals surface area contributed by atoms with E-state index in [4.69, 9.17) is 0 Å². The molecule has 3 aromatic rings. The highest BCUT2D eigenvalue weighted by Gasteiger charge is 2.27. The van der Waals surface area contributed by atoms with Gasteiger partial charge in [-0.05, 0) is 35.2 Å². The number of carbonyl (C=O) groups is 2. The monoisotopic (exact) mass is 332 g/mol. The molecule has 126 valence electrons. The van der Waals surface area contributed by atoms with E-state index in [1.807, 2.05) is 62.4 Å². The van der Waals surface area contributed by atoms with Crippen molar-refractivity contribution in [2.75, 3.05) is 5.32 Å². The Balaban J connectivity index is 1.76. The number of carbonyl (C=O) groups excluding carboxylic acids is 2. The molecule has 3 rings (SSSR count). The highest BCUT2D eigenvalue weighted by Crippen LogP contribution is 2.27. The van der Waals surface area contributed by atoms with Crippen molar-refractivity contribution in [1.29, 1.82) is 0 Å². The SMILES string of the molecule is CC(C)(CC(=O)C(=O)Nc1cccc2ncccc12)c1ccccc1. The van der Waals surface area contributed by atoms with Gasteiger partial charge < -0.3 is 5.32 Å². The summed E-state index contributed by atoms with van der Waals surface area (Å²) in [6, 6.07) is 18.9. The van der Waals surface area contributed by atoms with Crippen molar-refractivity contribution in [2.45, 2.75) is 25.7 Å². The molecular weight excluding hydrogens is 312 g/mol. The molecule has 4 nitrogen and oxygen atoms in total. The number of nitrogens with one attached hydrogen (secondary N) is 1. The van der Waals surface area contributed by atoms with E-state index >= 15 is 0 Å². The Morgan fingerprint density at radius 1 is 0.960 bits per heavy atom. The van der Waals surface area contributed by atoms with Gasteiger partial charge in [-0.15, -0.1) is 0 Å². The molecule has 0 unspecified atom stereocenters. The number of anilines is 1. The molecule has 1 heterocycles. The Bertz CT molecular complexity index is 912. The number of rotatable bonds is 5. The van der Waals surface area contributed by atoms with Crippen molar-refractivity contribution >= 4 is 28.3 Å². The highest BCUT2D eigenvalue weighted by molar-refractivity contribution is 6.41. The van der Waals surface area contributed by atoms with E-state index in [0.717, 1.165) is 16.5 Å². The number of hydrogen-bond acceptors (Lipinski definition) is 3. The van der Waals surface area contributed by atoms with E-state index < -0.39 is 17.1 Å². The second-order valence-electron chi connectivity index (χ2n) is 6.68. The zero-order valence-electron chi connectivity index (χ0n) is 14.3. The zero-order chi connectivity index (χ0) is 17.9. The molecule has 0 aliphatic rings. The maximum absolute atomic E-state index is 12.4. The number of nitrogens with zero attached hydrogens (tertiary/aromatic N) is 1. The minimum absolute atomic E-state index is 0.145. The number of amides is 1. The van der Waals surface area contributed by atoms with Crippen LogP contribution in [0.1, 0.15) is 25.8 Å². The topological polar surface area (TPSA) is 59.1 Å². The number of ketones is 1. The van der Waals surface area contributed by atoms with Crippen molar-refractivity contribution in [3.05, 3.63) is 72.4 Å². The van der Waals surface area contributed by atoms with Gasteiger partial charge in [-0.3, -0.25) is 14.6 Å². The van der Waals surface area contributed by atoms with Gasteiger partial charge in [0.1, 0.15) is 0 Å². The number of aromatic nitrogens is 1. The zero-order valence-corrected chi connectivity index (χ0v) is 14.3. The van der Waals surface area contributed by atoms with Crippen molar-refractivity contribution in [3.63, 3.8) is 0 Å². The van der Waals surface area contributed by atoms with Gasteiger partial charge in [0.15, 0.2) is 0 Å². The minimum Gasteiger partial charge on any atom is -0.319 e. The van der Waals surface area contributed by atoms with Gasteiger partial charge in [-0.2, -0.15) is 0 Å². The average Bonchev–Trinajstić information content (AvgIpc) is 2.62. The molecule has 0 saturated carbocycles. The quantitative estimate of drug-likeness (QED) is 0.715. The van der Waals surface area contributed by atoms with Crippen molar-refractivity contribution in [1.82, 2.24) is 4.98 Å². The summed E-state index contributed by atoms with van der Waals surface area (Å²) in [7, 11) is 0. The number of pyridine rings is 1. The first-order valence-electron chi connectivity index (χ1n) is 8.21. The van der Waals surface area contributed by atoms with E-state index in [1.165, 1.54) is 0 Å². The molecule has 2 aromatic carbocycles. The highest BCUT2D eigenvalue weighted by atomic mass is 16.2. The summed E-state index contributed by atoms with van der Waals surface area (Å²) >= 11 is 0. The normalized spacial score (nSPS) is 11.3. The van der Waals surface area contributed by atoms with Crippen LogP contribution in [0.2, 0.25) is 0 Å². The Kier molecular flexibility index (Phi) is 4.61. The lowest BCUT2D eigenvalue weighted by molar-refractivity contribution is -0.135. The molecule has 0 aliphatic heterocycles. The predicted octanol–water partition coefficient (Wildman–Crippen LogP) is 4.11. The Labute approximate surface area is 146 Å². The third-order valence-electron chi connectivity index (χ3n) is 4.30. The second-order valence-corrected chi connectivity index (χ2v) is 6.68. The van der Waals surface area contributed by atoms with Crippen LogP contribution < -0.4 is 5.32 Å². The Hall–Kier alpha value is -3.01. The van der Waals surface area contributed by atoms with Crippen LogP contribution in [0, 0.1) is 0 Å².